The van der Waals surface area contributed by atoms with E-state index >= 15 is 0 Å². The summed E-state index contributed by atoms with van der Waals surface area (Å²) >= 11 is 0. The van der Waals surface area contributed by atoms with Crippen LogP contribution in [-0.4, -0.2) is 19.4 Å². The molecule has 0 aliphatic carbocycles. The number of ketones is 1. The lowest BCUT2D eigenvalue weighted by Crippen LogP contribution is -2.14. The van der Waals surface area contributed by atoms with Crippen molar-refractivity contribution >= 4 is 17.1 Å². The van der Waals surface area contributed by atoms with Gasteiger partial charge in [0.1, 0.15) is 0 Å². The van der Waals surface area contributed by atoms with Crippen molar-refractivity contribution in [2.75, 3.05) is 13.7 Å². The summed E-state index contributed by atoms with van der Waals surface area (Å²) in [5.74, 6) is 1.29. The van der Waals surface area contributed by atoms with E-state index in [1.54, 1.807) is 7.11 Å². The first kappa shape index (κ1) is 31.7. The first-order valence-corrected chi connectivity index (χ1v) is 14.6. The van der Waals surface area contributed by atoms with E-state index in [2.05, 4.69) is 120 Å². The molecule has 0 aromatic heterocycles. The zero-order valence-electron chi connectivity index (χ0n) is 25.8. The quantitative estimate of drug-likeness (QED) is 0.161. The van der Waals surface area contributed by atoms with E-state index in [-0.39, 0.29) is 17.1 Å². The zero-order valence-corrected chi connectivity index (χ0v) is 25.8. The zero-order chi connectivity index (χ0) is 30.2. The molecule has 1 unspecified atom stereocenters. The number of allylic oxidation sites excluding steroid dienone is 1. The highest BCUT2D eigenvalue weighted by Gasteiger charge is 2.22. The molecule has 0 saturated heterocycles. The van der Waals surface area contributed by atoms with Gasteiger partial charge in [-0.05, 0) is 51.1 Å². The van der Waals surface area contributed by atoms with E-state index in [0.717, 1.165) is 45.7 Å². The number of methoxy groups -OCH3 is 1. The number of nitrogens with one attached hydrogen (secondary N) is 1. The van der Waals surface area contributed by atoms with Gasteiger partial charge in [-0.15, -0.1) is 0 Å². The topological polar surface area (TPSA) is 38.3 Å². The maximum Gasteiger partial charge on any atom is 0.163 e. The Bertz CT molecular complexity index is 1340. The molecule has 0 heterocycles. The van der Waals surface area contributed by atoms with Crippen LogP contribution in [0.25, 0.3) is 11.3 Å². The summed E-state index contributed by atoms with van der Waals surface area (Å²) < 4.78 is 5.15. The Morgan fingerprint density at radius 3 is 1.93 bits per heavy atom. The number of ether oxygens (including phenoxy) is 1. The first-order chi connectivity index (χ1) is 19.4. The maximum atomic E-state index is 13.6. The maximum absolute atomic E-state index is 13.6. The number of hydrogen-bond acceptors (Lipinski definition) is 3. The van der Waals surface area contributed by atoms with Crippen LogP contribution in [0.3, 0.4) is 0 Å². The number of benzene rings is 3. The normalized spacial score (nSPS) is 12.1. The van der Waals surface area contributed by atoms with Gasteiger partial charge in [-0.25, -0.2) is 0 Å². The molecule has 0 saturated carbocycles. The number of hydrogen-bond donors (Lipinski definition) is 1. The molecule has 0 aliphatic heterocycles. The van der Waals surface area contributed by atoms with Gasteiger partial charge in [0, 0.05) is 36.6 Å². The molecule has 0 amide bonds. The Morgan fingerprint density at radius 2 is 1.39 bits per heavy atom. The first-order valence-electron chi connectivity index (χ1n) is 14.6. The fraction of sp³-hybridized carbons (Fsp3) is 0.342. The van der Waals surface area contributed by atoms with E-state index in [0.29, 0.717) is 25.3 Å². The average Bonchev–Trinajstić information content (AvgIpc) is 2.95. The summed E-state index contributed by atoms with van der Waals surface area (Å²) in [6.45, 7) is 24.3. The summed E-state index contributed by atoms with van der Waals surface area (Å²) in [6, 6.07) is 25.0. The summed E-state index contributed by atoms with van der Waals surface area (Å²) in [6.07, 6.45) is 2.10. The largest absolute Gasteiger partial charge is 0.502 e. The van der Waals surface area contributed by atoms with E-state index in [4.69, 9.17) is 4.74 Å². The van der Waals surface area contributed by atoms with Gasteiger partial charge in [-0.3, -0.25) is 4.79 Å². The van der Waals surface area contributed by atoms with Crippen molar-refractivity contribution < 1.29 is 9.53 Å². The Hall–Kier alpha value is -3.85. The fourth-order valence-electron chi connectivity index (χ4n) is 4.90. The highest BCUT2D eigenvalue weighted by Crippen LogP contribution is 2.36. The summed E-state index contributed by atoms with van der Waals surface area (Å²) in [7, 11) is 1.63. The van der Waals surface area contributed by atoms with Gasteiger partial charge in [0.2, 0.25) is 0 Å². The number of Topliss-reactive ketones (excluding diaryl/α,β-unsaturated/α-hetero) is 1. The predicted octanol–water partition coefficient (Wildman–Crippen LogP) is 9.36. The smallest absolute Gasteiger partial charge is 0.163 e. The van der Waals surface area contributed by atoms with Crippen molar-refractivity contribution in [1.29, 1.82) is 0 Å². The molecule has 1 N–H and O–H groups in total. The van der Waals surface area contributed by atoms with Crippen molar-refractivity contribution in [3.63, 3.8) is 0 Å². The molecular formula is C38H47NO2. The van der Waals surface area contributed by atoms with Crippen LogP contribution in [0.1, 0.15) is 91.6 Å². The molecule has 3 aromatic carbocycles. The second-order valence-corrected chi connectivity index (χ2v) is 12.3. The highest BCUT2D eigenvalue weighted by atomic mass is 16.5. The summed E-state index contributed by atoms with van der Waals surface area (Å²) in [5, 5.41) is 3.34. The third-order valence-electron chi connectivity index (χ3n) is 7.54. The number of rotatable bonds is 14. The molecule has 3 heteroatoms. The molecule has 0 aliphatic rings. The van der Waals surface area contributed by atoms with Crippen molar-refractivity contribution in [1.82, 2.24) is 5.32 Å². The average molecular weight is 550 g/mol. The van der Waals surface area contributed by atoms with Crippen LogP contribution < -0.4 is 5.32 Å². The van der Waals surface area contributed by atoms with Crippen LogP contribution in [0.15, 0.2) is 98.3 Å². The lowest BCUT2D eigenvalue weighted by Gasteiger charge is -2.22. The Morgan fingerprint density at radius 1 is 0.829 bits per heavy atom. The lowest BCUT2D eigenvalue weighted by atomic mass is 9.82. The molecule has 41 heavy (non-hydrogen) atoms. The van der Waals surface area contributed by atoms with Gasteiger partial charge >= 0.3 is 0 Å². The Balaban J connectivity index is 1.85. The molecule has 1 atom stereocenters. The number of carbonyl (C=O) groups is 1. The Kier molecular flexibility index (Phi) is 10.9. The minimum atomic E-state index is -0.152. The van der Waals surface area contributed by atoms with E-state index in [1.807, 2.05) is 12.1 Å². The number of carbonyl (C=O) groups excluding carboxylic acids is 1. The molecule has 3 rings (SSSR count). The fourth-order valence-corrected chi connectivity index (χ4v) is 4.90. The van der Waals surface area contributed by atoms with Crippen molar-refractivity contribution in [2.24, 2.45) is 5.92 Å². The van der Waals surface area contributed by atoms with Crippen LogP contribution >= 0.6 is 0 Å². The van der Waals surface area contributed by atoms with E-state index < -0.39 is 0 Å². The second kappa shape index (κ2) is 14.2. The monoisotopic (exact) mass is 549 g/mol. The third kappa shape index (κ3) is 9.08. The molecule has 0 fully saturated rings. The molecular weight excluding hydrogens is 502 g/mol. The third-order valence-corrected chi connectivity index (χ3v) is 7.54. The van der Waals surface area contributed by atoms with Gasteiger partial charge in [-0.2, -0.15) is 0 Å². The molecule has 0 spiro atoms. The van der Waals surface area contributed by atoms with Crippen molar-refractivity contribution in [3.05, 3.63) is 132 Å². The SMILES string of the molecule is C=C(CCNC(=C)c1ccc(C(CC(=O)c2ccc(C(C)(C)C)cc2)C(=C)c2ccc(CC(C)C)cc2)cc1)OC. The van der Waals surface area contributed by atoms with Gasteiger partial charge in [0.25, 0.3) is 0 Å². The molecule has 0 bridgehead atoms. The van der Waals surface area contributed by atoms with E-state index in [9.17, 15) is 4.79 Å². The minimum absolute atomic E-state index is 0.0402. The van der Waals surface area contributed by atoms with Gasteiger partial charge in [0.05, 0.1) is 12.9 Å². The second-order valence-electron chi connectivity index (χ2n) is 12.3. The predicted molar refractivity (Wildman–Crippen MR) is 175 cm³/mol. The van der Waals surface area contributed by atoms with Gasteiger partial charge < -0.3 is 10.1 Å². The van der Waals surface area contributed by atoms with Crippen molar-refractivity contribution in [3.8, 4) is 0 Å². The summed E-state index contributed by atoms with van der Waals surface area (Å²) in [4.78, 5) is 13.6. The Labute approximate surface area is 248 Å². The molecule has 216 valence electrons. The van der Waals surface area contributed by atoms with Crippen LogP contribution in [0.5, 0.6) is 0 Å². The van der Waals surface area contributed by atoms with E-state index in [1.165, 1.54) is 11.1 Å². The lowest BCUT2D eigenvalue weighted by molar-refractivity contribution is 0.0979. The van der Waals surface area contributed by atoms with Crippen LogP contribution in [0, 0.1) is 5.92 Å². The molecule has 3 aromatic rings. The summed E-state index contributed by atoms with van der Waals surface area (Å²) in [5.41, 5.74) is 8.21. The van der Waals surface area contributed by atoms with Crippen LogP contribution in [0.2, 0.25) is 0 Å². The van der Waals surface area contributed by atoms with Gasteiger partial charge in [0.15, 0.2) is 5.78 Å². The minimum Gasteiger partial charge on any atom is -0.502 e. The molecule has 3 nitrogen and oxygen atoms in total. The van der Waals surface area contributed by atoms with Crippen LogP contribution in [0.4, 0.5) is 0 Å². The standard InChI is InChI=1S/C38H47NO2/c1-26(2)24-30-10-12-31(13-11-30)28(4)36(25-37(40)34-18-20-35(21-19-34)38(6,7)8)33-16-14-32(15-17-33)29(5)39-23-22-27(3)41-9/h10-21,26,36,39H,3-5,22-25H2,1-2,6-9H3. The highest BCUT2D eigenvalue weighted by molar-refractivity contribution is 5.98. The van der Waals surface area contributed by atoms with Gasteiger partial charge in [-0.1, -0.05) is 127 Å². The van der Waals surface area contributed by atoms with Crippen molar-refractivity contribution in [2.45, 2.75) is 65.2 Å². The van der Waals surface area contributed by atoms with Crippen LogP contribution in [-0.2, 0) is 16.6 Å². The molecule has 0 radical (unpaired) electrons.